The standard InChI is InChI=1S/C25H30N2O3/c1-16-7-8-18-20(13-16)26-17(2)24(18)22(29)15-27-11-9-25(10-12-27)14-21(28)19-5-3-4-6-23(19)30-25/h3-8,13,21-22,26,28-29H,9-12,14-15H2,1-2H3. The van der Waals surface area contributed by atoms with Crippen LogP contribution in [0.3, 0.4) is 0 Å². The number of nitrogens with one attached hydrogen (secondary N) is 1. The first-order chi connectivity index (χ1) is 14.4. The summed E-state index contributed by atoms with van der Waals surface area (Å²) in [4.78, 5) is 5.74. The van der Waals surface area contributed by atoms with Crippen molar-refractivity contribution in [3.05, 3.63) is 64.8 Å². The molecule has 5 rings (SSSR count). The first kappa shape index (κ1) is 19.6. The highest BCUT2D eigenvalue weighted by molar-refractivity contribution is 5.85. The van der Waals surface area contributed by atoms with Gasteiger partial charge in [-0.05, 0) is 44.4 Å². The van der Waals surface area contributed by atoms with Crippen LogP contribution in [0.5, 0.6) is 5.75 Å². The van der Waals surface area contributed by atoms with Crippen LogP contribution in [0.25, 0.3) is 10.9 Å². The number of likely N-dealkylation sites (tertiary alicyclic amines) is 1. The van der Waals surface area contributed by atoms with Crippen molar-refractivity contribution in [2.24, 2.45) is 0 Å². The predicted octanol–water partition coefficient (Wildman–Crippen LogP) is 4.17. The van der Waals surface area contributed by atoms with Gasteiger partial charge < -0.3 is 24.8 Å². The number of hydrogen-bond acceptors (Lipinski definition) is 4. The van der Waals surface area contributed by atoms with Crippen molar-refractivity contribution in [1.82, 2.24) is 9.88 Å². The van der Waals surface area contributed by atoms with E-state index in [0.717, 1.165) is 59.4 Å². The summed E-state index contributed by atoms with van der Waals surface area (Å²) in [6, 6.07) is 14.1. The topological polar surface area (TPSA) is 68.7 Å². The molecule has 3 aromatic rings. The van der Waals surface area contributed by atoms with E-state index in [4.69, 9.17) is 4.74 Å². The number of piperidine rings is 1. The van der Waals surface area contributed by atoms with Crippen molar-refractivity contribution in [2.45, 2.75) is 50.9 Å². The number of aromatic amines is 1. The summed E-state index contributed by atoms with van der Waals surface area (Å²) in [5, 5.41) is 22.8. The van der Waals surface area contributed by atoms with Gasteiger partial charge in [-0.2, -0.15) is 0 Å². The van der Waals surface area contributed by atoms with Gasteiger partial charge in [0.15, 0.2) is 0 Å². The van der Waals surface area contributed by atoms with Gasteiger partial charge in [0.05, 0.1) is 12.2 Å². The second-order valence-electron chi connectivity index (χ2n) is 9.07. The molecule has 158 valence electrons. The van der Waals surface area contributed by atoms with Crippen LogP contribution >= 0.6 is 0 Å². The zero-order chi connectivity index (χ0) is 20.9. The molecule has 2 unspecified atom stereocenters. The Morgan fingerprint density at radius 2 is 1.93 bits per heavy atom. The van der Waals surface area contributed by atoms with E-state index in [1.54, 1.807) is 0 Å². The molecule has 2 aromatic carbocycles. The summed E-state index contributed by atoms with van der Waals surface area (Å²) in [5.41, 5.74) is 4.93. The molecular weight excluding hydrogens is 376 g/mol. The molecular formula is C25H30N2O3. The van der Waals surface area contributed by atoms with E-state index in [9.17, 15) is 10.2 Å². The molecule has 0 aliphatic carbocycles. The van der Waals surface area contributed by atoms with Gasteiger partial charge in [-0.15, -0.1) is 0 Å². The number of β-amino-alcohol motifs (C(OH)–C–C–N with tert-alkyl or cyclic N) is 1. The van der Waals surface area contributed by atoms with Crippen LogP contribution in [0.4, 0.5) is 0 Å². The van der Waals surface area contributed by atoms with E-state index >= 15 is 0 Å². The Kier molecular flexibility index (Phi) is 4.85. The number of para-hydroxylation sites is 1. The molecule has 0 amide bonds. The molecule has 0 bridgehead atoms. The Labute approximate surface area is 177 Å². The monoisotopic (exact) mass is 406 g/mol. The number of aryl methyl sites for hydroxylation is 2. The lowest BCUT2D eigenvalue weighted by Crippen LogP contribution is -2.51. The lowest BCUT2D eigenvalue weighted by molar-refractivity contribution is -0.0587. The predicted molar refractivity (Wildman–Crippen MR) is 118 cm³/mol. The maximum absolute atomic E-state index is 11.1. The number of H-pyrrole nitrogens is 1. The minimum Gasteiger partial charge on any atom is -0.487 e. The van der Waals surface area contributed by atoms with E-state index in [-0.39, 0.29) is 5.60 Å². The molecule has 0 radical (unpaired) electrons. The molecule has 1 fully saturated rings. The number of benzene rings is 2. The van der Waals surface area contributed by atoms with Gasteiger partial charge in [-0.3, -0.25) is 0 Å². The van der Waals surface area contributed by atoms with Crippen molar-refractivity contribution >= 4 is 10.9 Å². The first-order valence-corrected chi connectivity index (χ1v) is 10.9. The average molecular weight is 407 g/mol. The third kappa shape index (κ3) is 3.41. The van der Waals surface area contributed by atoms with Crippen molar-refractivity contribution in [2.75, 3.05) is 19.6 Å². The molecule has 0 saturated carbocycles. The third-order valence-electron chi connectivity index (χ3n) is 6.89. The molecule has 2 aliphatic rings. The fraction of sp³-hybridized carbons (Fsp3) is 0.440. The van der Waals surface area contributed by atoms with Gasteiger partial charge in [0.25, 0.3) is 0 Å². The lowest BCUT2D eigenvalue weighted by Gasteiger charge is -2.46. The van der Waals surface area contributed by atoms with Gasteiger partial charge in [-0.25, -0.2) is 0 Å². The van der Waals surface area contributed by atoms with Gasteiger partial charge in [0, 0.05) is 53.8 Å². The SMILES string of the molecule is Cc1ccc2c(C(O)CN3CCC4(CC3)CC(O)c3ccccc3O4)c(C)[nH]c2c1. The van der Waals surface area contributed by atoms with Crippen LogP contribution in [0.15, 0.2) is 42.5 Å². The number of aliphatic hydroxyl groups is 2. The molecule has 1 saturated heterocycles. The lowest BCUT2D eigenvalue weighted by atomic mass is 9.81. The molecule has 1 spiro atoms. The highest BCUT2D eigenvalue weighted by atomic mass is 16.5. The number of fused-ring (bicyclic) bond motifs is 2. The zero-order valence-corrected chi connectivity index (χ0v) is 17.7. The molecule has 3 heterocycles. The van der Waals surface area contributed by atoms with Crippen LogP contribution in [-0.2, 0) is 0 Å². The number of ether oxygens (including phenoxy) is 1. The molecule has 30 heavy (non-hydrogen) atoms. The Morgan fingerprint density at radius 3 is 2.73 bits per heavy atom. The van der Waals surface area contributed by atoms with Crippen molar-refractivity contribution < 1.29 is 14.9 Å². The van der Waals surface area contributed by atoms with Gasteiger partial charge >= 0.3 is 0 Å². The van der Waals surface area contributed by atoms with Gasteiger partial charge in [0.1, 0.15) is 11.4 Å². The average Bonchev–Trinajstić information content (AvgIpc) is 3.04. The molecule has 5 nitrogen and oxygen atoms in total. The van der Waals surface area contributed by atoms with E-state index in [0.29, 0.717) is 13.0 Å². The quantitative estimate of drug-likeness (QED) is 0.611. The summed E-state index contributed by atoms with van der Waals surface area (Å²) in [5.74, 6) is 0.814. The highest BCUT2D eigenvalue weighted by Gasteiger charge is 2.43. The van der Waals surface area contributed by atoms with E-state index in [1.165, 1.54) is 5.56 Å². The second-order valence-corrected chi connectivity index (χ2v) is 9.07. The largest absolute Gasteiger partial charge is 0.487 e. The Bertz CT molecular complexity index is 1070. The third-order valence-corrected chi connectivity index (χ3v) is 6.89. The molecule has 1 aromatic heterocycles. The Morgan fingerprint density at radius 1 is 1.17 bits per heavy atom. The summed E-state index contributed by atoms with van der Waals surface area (Å²) in [6.07, 6.45) is 1.36. The van der Waals surface area contributed by atoms with E-state index in [1.807, 2.05) is 31.2 Å². The highest BCUT2D eigenvalue weighted by Crippen LogP contribution is 2.44. The van der Waals surface area contributed by atoms with Crippen LogP contribution in [-0.4, -0.2) is 45.3 Å². The maximum atomic E-state index is 11.1. The number of nitrogens with zero attached hydrogens (tertiary/aromatic N) is 1. The van der Waals surface area contributed by atoms with Crippen LogP contribution in [0, 0.1) is 13.8 Å². The molecule has 2 aliphatic heterocycles. The maximum Gasteiger partial charge on any atom is 0.125 e. The molecule has 5 heteroatoms. The van der Waals surface area contributed by atoms with Gasteiger partial charge in [-0.1, -0.05) is 30.3 Å². The Hall–Kier alpha value is -2.34. The minimum atomic E-state index is -0.533. The van der Waals surface area contributed by atoms with Crippen molar-refractivity contribution in [3.63, 3.8) is 0 Å². The first-order valence-electron chi connectivity index (χ1n) is 10.9. The van der Waals surface area contributed by atoms with Crippen LogP contribution in [0.1, 0.15) is 53.9 Å². The Balaban J connectivity index is 1.28. The fourth-order valence-electron chi connectivity index (χ4n) is 5.27. The summed E-state index contributed by atoms with van der Waals surface area (Å²) >= 11 is 0. The van der Waals surface area contributed by atoms with Gasteiger partial charge in [0.2, 0.25) is 0 Å². The molecule has 3 N–H and O–H groups in total. The zero-order valence-electron chi connectivity index (χ0n) is 17.7. The van der Waals surface area contributed by atoms with Crippen molar-refractivity contribution in [1.29, 1.82) is 0 Å². The van der Waals surface area contributed by atoms with E-state index < -0.39 is 12.2 Å². The number of hydrogen-bond donors (Lipinski definition) is 3. The minimum absolute atomic E-state index is 0.302. The molecule has 2 atom stereocenters. The van der Waals surface area contributed by atoms with Crippen LogP contribution < -0.4 is 4.74 Å². The smallest absolute Gasteiger partial charge is 0.125 e. The number of aromatic nitrogens is 1. The number of aliphatic hydroxyl groups excluding tert-OH is 2. The van der Waals surface area contributed by atoms with Crippen molar-refractivity contribution in [3.8, 4) is 5.75 Å². The number of rotatable bonds is 3. The fourth-order valence-corrected chi connectivity index (χ4v) is 5.27. The van der Waals surface area contributed by atoms with E-state index in [2.05, 4.69) is 35.0 Å². The normalized spacial score (nSPS) is 22.1. The summed E-state index contributed by atoms with van der Waals surface area (Å²) in [6.45, 7) is 6.43. The summed E-state index contributed by atoms with van der Waals surface area (Å²) < 4.78 is 6.39. The summed E-state index contributed by atoms with van der Waals surface area (Å²) in [7, 11) is 0. The second kappa shape index (κ2) is 7.41. The van der Waals surface area contributed by atoms with Crippen LogP contribution in [0.2, 0.25) is 0 Å².